The van der Waals surface area contributed by atoms with E-state index in [1.54, 1.807) is 0 Å². The zero-order valence-corrected chi connectivity index (χ0v) is 13.5. The van der Waals surface area contributed by atoms with E-state index in [2.05, 4.69) is 48.9 Å². The molecule has 0 atom stereocenters. The summed E-state index contributed by atoms with van der Waals surface area (Å²) in [6.07, 6.45) is 3.94. The summed E-state index contributed by atoms with van der Waals surface area (Å²) < 4.78 is 1.98. The van der Waals surface area contributed by atoms with Gasteiger partial charge in [0, 0.05) is 37.1 Å². The highest BCUT2D eigenvalue weighted by molar-refractivity contribution is 5.83. The Hall–Kier alpha value is -2.64. The molecule has 0 spiro atoms. The topological polar surface area (TPSA) is 31.4 Å². The molecule has 0 aliphatic heterocycles. The van der Waals surface area contributed by atoms with Crippen LogP contribution >= 0.6 is 0 Å². The van der Waals surface area contributed by atoms with Crippen LogP contribution in [0, 0.1) is 20.8 Å². The fraction of sp³-hybridized carbons (Fsp3) is 0.211. The second kappa shape index (κ2) is 5.63. The minimum Gasteiger partial charge on any atom is -0.357 e. The lowest BCUT2D eigenvalue weighted by atomic mass is 10.0. The number of aryl methyl sites for hydroxylation is 4. The van der Waals surface area contributed by atoms with E-state index < -0.39 is 0 Å². The molecule has 3 rings (SSSR count). The first kappa shape index (κ1) is 14.3. The molecular formula is C19H20N3+. The van der Waals surface area contributed by atoms with Gasteiger partial charge in [0.1, 0.15) is 5.11 Å². The number of hydrogen-bond acceptors (Lipinski definition) is 1. The highest BCUT2D eigenvalue weighted by atomic mass is 15.0. The quantitative estimate of drug-likeness (QED) is 0.480. The number of rotatable bonds is 1. The summed E-state index contributed by atoms with van der Waals surface area (Å²) in [6, 6.07) is 12.5. The molecule has 3 heteroatoms. The summed E-state index contributed by atoms with van der Waals surface area (Å²) in [6.45, 7) is 6.41. The highest BCUT2D eigenvalue weighted by Gasteiger charge is 2.16. The lowest BCUT2D eigenvalue weighted by molar-refractivity contribution is -0.132. The van der Waals surface area contributed by atoms with Crippen molar-refractivity contribution in [2.24, 2.45) is 12.2 Å². The van der Waals surface area contributed by atoms with E-state index in [4.69, 9.17) is 0 Å². The average molecular weight is 290 g/mol. The molecule has 0 N–H and O–H groups in total. The molecule has 2 aliphatic carbocycles. The van der Waals surface area contributed by atoms with Crippen LogP contribution in [-0.2, 0) is 7.05 Å². The highest BCUT2D eigenvalue weighted by Crippen LogP contribution is 2.38. The molecule has 2 aliphatic rings. The number of pyridine rings is 1. The first-order chi connectivity index (χ1) is 10.5. The average Bonchev–Trinajstić information content (AvgIpc) is 2.86. The van der Waals surface area contributed by atoms with E-state index in [0.29, 0.717) is 0 Å². The molecule has 0 radical (unpaired) electrons. The Bertz CT molecular complexity index is 892. The Morgan fingerprint density at radius 3 is 2.32 bits per heavy atom. The van der Waals surface area contributed by atoms with Crippen molar-refractivity contribution in [2.45, 2.75) is 20.8 Å². The summed E-state index contributed by atoms with van der Waals surface area (Å²) >= 11 is 0. The Balaban J connectivity index is 2.19. The molecule has 0 amide bonds. The Labute approximate surface area is 130 Å². The van der Waals surface area contributed by atoms with Gasteiger partial charge >= 0.3 is 5.36 Å². The number of fused-ring (bicyclic) bond motifs is 1. The fourth-order valence-electron chi connectivity index (χ4n) is 2.84. The van der Waals surface area contributed by atoms with Crippen LogP contribution in [0.1, 0.15) is 16.7 Å². The molecule has 0 saturated heterocycles. The molecule has 110 valence electrons. The molecule has 22 heavy (non-hydrogen) atoms. The van der Waals surface area contributed by atoms with E-state index in [1.165, 1.54) is 27.8 Å². The van der Waals surface area contributed by atoms with E-state index in [0.717, 1.165) is 11.0 Å². The maximum Gasteiger partial charge on any atom is 0.368 e. The largest absolute Gasteiger partial charge is 0.368 e. The fourth-order valence-corrected chi connectivity index (χ4v) is 2.84. The third-order valence-electron chi connectivity index (χ3n) is 3.87. The summed E-state index contributed by atoms with van der Waals surface area (Å²) in [5.74, 6) is 0. The third kappa shape index (κ3) is 2.72. The standard InChI is InChI=1S/C19H20N3/c1-13-11-14(2)17-5-6-18(19(17)15(3)12-13)21-20-16-7-9-22(4)10-8-16/h5-12H,1-4H3/q+1. The first-order valence-corrected chi connectivity index (χ1v) is 7.42. The maximum absolute atomic E-state index is 4.47. The van der Waals surface area contributed by atoms with Gasteiger partial charge in [0.05, 0.1) is 4.79 Å². The lowest BCUT2D eigenvalue weighted by Crippen LogP contribution is -2.03. The van der Waals surface area contributed by atoms with Crippen molar-refractivity contribution in [2.75, 3.05) is 0 Å². The van der Waals surface area contributed by atoms with Crippen LogP contribution < -0.4 is 5.36 Å². The van der Waals surface area contributed by atoms with Crippen molar-refractivity contribution in [3.63, 3.8) is 0 Å². The van der Waals surface area contributed by atoms with Gasteiger partial charge in [-0.2, -0.15) is 0 Å². The van der Waals surface area contributed by atoms with Crippen LogP contribution in [0.25, 0.3) is 11.1 Å². The van der Waals surface area contributed by atoms with E-state index in [1.807, 2.05) is 42.2 Å². The van der Waals surface area contributed by atoms with Crippen LogP contribution in [0.15, 0.2) is 53.9 Å². The molecule has 0 bridgehead atoms. The SMILES string of the molecule is Cc1cc(C)c2ccc(N=[N+]=c3ccn(C)cc3)c-2c(C)c1. The minimum absolute atomic E-state index is 0.860. The minimum atomic E-state index is 0.860. The number of aromatic nitrogens is 1. The molecule has 0 saturated carbocycles. The Morgan fingerprint density at radius 2 is 1.59 bits per heavy atom. The van der Waals surface area contributed by atoms with Gasteiger partial charge in [-0.25, -0.2) is 0 Å². The van der Waals surface area contributed by atoms with Gasteiger partial charge in [0.2, 0.25) is 0 Å². The molecule has 3 nitrogen and oxygen atoms in total. The second-order valence-electron chi connectivity index (χ2n) is 5.83. The van der Waals surface area contributed by atoms with Gasteiger partial charge in [-0.05, 0) is 43.5 Å². The summed E-state index contributed by atoms with van der Waals surface area (Å²) in [7, 11) is 1.99. The van der Waals surface area contributed by atoms with Crippen molar-refractivity contribution in [3.05, 3.63) is 70.8 Å². The molecule has 1 aromatic heterocycles. The van der Waals surface area contributed by atoms with Gasteiger partial charge in [-0.15, -0.1) is 0 Å². The van der Waals surface area contributed by atoms with Crippen LogP contribution in [0.3, 0.4) is 0 Å². The number of nitrogens with zero attached hydrogens (tertiary/aromatic N) is 3. The van der Waals surface area contributed by atoms with Gasteiger partial charge in [0.25, 0.3) is 0 Å². The van der Waals surface area contributed by atoms with E-state index in [9.17, 15) is 0 Å². The van der Waals surface area contributed by atoms with Gasteiger partial charge in [-0.3, -0.25) is 0 Å². The Morgan fingerprint density at radius 1 is 0.909 bits per heavy atom. The Kier molecular flexibility index (Phi) is 3.66. The zero-order valence-electron chi connectivity index (χ0n) is 13.5. The summed E-state index contributed by atoms with van der Waals surface area (Å²) in [5, 5.41) is 5.33. The van der Waals surface area contributed by atoms with Crippen molar-refractivity contribution >= 4 is 5.69 Å². The van der Waals surface area contributed by atoms with Crippen molar-refractivity contribution in [3.8, 4) is 11.1 Å². The van der Waals surface area contributed by atoms with E-state index >= 15 is 0 Å². The van der Waals surface area contributed by atoms with Crippen LogP contribution in [-0.4, -0.2) is 9.36 Å². The predicted molar refractivity (Wildman–Crippen MR) is 88.2 cm³/mol. The predicted octanol–water partition coefficient (Wildman–Crippen LogP) is 3.95. The maximum atomic E-state index is 4.47. The van der Waals surface area contributed by atoms with Gasteiger partial charge in [-0.1, -0.05) is 23.8 Å². The molecule has 0 aromatic carbocycles. The summed E-state index contributed by atoms with van der Waals surface area (Å²) in [5.41, 5.74) is 7.15. The molecule has 0 fully saturated rings. The monoisotopic (exact) mass is 290 g/mol. The number of hydrogen-bond donors (Lipinski definition) is 0. The smallest absolute Gasteiger partial charge is 0.357 e. The molecule has 0 unspecified atom stereocenters. The lowest BCUT2D eigenvalue weighted by Gasteiger charge is -1.99. The van der Waals surface area contributed by atoms with Gasteiger partial charge < -0.3 is 4.57 Å². The normalized spacial score (nSPS) is 10.5. The third-order valence-corrected chi connectivity index (χ3v) is 3.87. The van der Waals surface area contributed by atoms with Gasteiger partial charge in [0.15, 0.2) is 5.69 Å². The molecule has 1 aromatic rings. The summed E-state index contributed by atoms with van der Waals surface area (Å²) in [4.78, 5) is 4.37. The second-order valence-corrected chi connectivity index (χ2v) is 5.83. The van der Waals surface area contributed by atoms with Crippen molar-refractivity contribution in [1.82, 2.24) is 4.57 Å². The van der Waals surface area contributed by atoms with Crippen molar-refractivity contribution < 1.29 is 4.79 Å². The van der Waals surface area contributed by atoms with Crippen molar-refractivity contribution in [1.29, 1.82) is 0 Å². The van der Waals surface area contributed by atoms with Crippen LogP contribution in [0.4, 0.5) is 5.69 Å². The molecular weight excluding hydrogens is 270 g/mol. The van der Waals surface area contributed by atoms with E-state index in [-0.39, 0.29) is 0 Å². The van der Waals surface area contributed by atoms with Crippen LogP contribution in [0.5, 0.6) is 0 Å². The molecule has 1 heterocycles. The first-order valence-electron chi connectivity index (χ1n) is 7.42. The van der Waals surface area contributed by atoms with Crippen LogP contribution in [0.2, 0.25) is 0 Å². The zero-order chi connectivity index (χ0) is 15.7.